The maximum Gasteiger partial charge on any atom is 0.251 e. The molecule has 19 heavy (non-hydrogen) atoms. The number of halogens is 1. The Balaban J connectivity index is 1.89. The van der Waals surface area contributed by atoms with Crippen LogP contribution in [0.2, 0.25) is 0 Å². The van der Waals surface area contributed by atoms with Gasteiger partial charge in [0.25, 0.3) is 5.91 Å². The number of nitrogens with one attached hydrogen (secondary N) is 1. The molecule has 0 spiro atoms. The van der Waals surface area contributed by atoms with Gasteiger partial charge in [0.2, 0.25) is 5.89 Å². The largest absolute Gasteiger partial charge is 0.352 e. The standard InChI is InChI=1S/C13H14BrN3O2/c1-8-3-4-10(7-11(8)14)13(18)15-6-5-12-16-9(2)17-19-12/h3-4,7H,5-6H2,1-2H3,(H,15,18). The molecule has 0 aliphatic rings. The second-order valence-corrected chi connectivity index (χ2v) is 5.06. The van der Waals surface area contributed by atoms with Crippen molar-refractivity contribution in [3.63, 3.8) is 0 Å². The van der Waals surface area contributed by atoms with E-state index in [1.54, 1.807) is 13.0 Å². The molecule has 0 atom stereocenters. The number of rotatable bonds is 4. The van der Waals surface area contributed by atoms with Crippen LogP contribution in [-0.2, 0) is 6.42 Å². The minimum Gasteiger partial charge on any atom is -0.352 e. The molecule has 1 aromatic carbocycles. The summed E-state index contributed by atoms with van der Waals surface area (Å²) in [6.07, 6.45) is 0.527. The highest BCUT2D eigenvalue weighted by atomic mass is 79.9. The van der Waals surface area contributed by atoms with Crippen molar-refractivity contribution < 1.29 is 9.32 Å². The lowest BCUT2D eigenvalue weighted by Gasteiger charge is -2.05. The van der Waals surface area contributed by atoms with Gasteiger partial charge in [-0.15, -0.1) is 0 Å². The van der Waals surface area contributed by atoms with Gasteiger partial charge in [0.05, 0.1) is 0 Å². The summed E-state index contributed by atoms with van der Waals surface area (Å²) in [5, 5.41) is 6.50. The van der Waals surface area contributed by atoms with Crippen LogP contribution >= 0.6 is 15.9 Å². The molecule has 0 fully saturated rings. The van der Waals surface area contributed by atoms with Gasteiger partial charge in [0.1, 0.15) is 0 Å². The molecule has 0 saturated heterocycles. The van der Waals surface area contributed by atoms with E-state index in [2.05, 4.69) is 31.4 Å². The van der Waals surface area contributed by atoms with Crippen LogP contribution in [0, 0.1) is 13.8 Å². The van der Waals surface area contributed by atoms with Gasteiger partial charge in [-0.1, -0.05) is 27.2 Å². The Morgan fingerprint density at radius 3 is 2.84 bits per heavy atom. The van der Waals surface area contributed by atoms with E-state index in [0.29, 0.717) is 30.2 Å². The first-order valence-electron chi connectivity index (χ1n) is 5.90. The zero-order chi connectivity index (χ0) is 13.8. The maximum absolute atomic E-state index is 11.9. The molecule has 1 N–H and O–H groups in total. The topological polar surface area (TPSA) is 68.0 Å². The molecule has 0 bridgehead atoms. The van der Waals surface area contributed by atoms with Gasteiger partial charge in [0.15, 0.2) is 5.82 Å². The number of aromatic nitrogens is 2. The van der Waals surface area contributed by atoms with Crippen LogP contribution < -0.4 is 5.32 Å². The zero-order valence-corrected chi connectivity index (χ0v) is 12.3. The van der Waals surface area contributed by atoms with Gasteiger partial charge in [-0.3, -0.25) is 4.79 Å². The van der Waals surface area contributed by atoms with Crippen LogP contribution in [0.15, 0.2) is 27.2 Å². The molecular weight excluding hydrogens is 310 g/mol. The van der Waals surface area contributed by atoms with Crippen molar-refractivity contribution >= 4 is 21.8 Å². The van der Waals surface area contributed by atoms with Gasteiger partial charge < -0.3 is 9.84 Å². The minimum absolute atomic E-state index is 0.114. The fourth-order valence-corrected chi connectivity index (χ4v) is 1.94. The zero-order valence-electron chi connectivity index (χ0n) is 10.7. The lowest BCUT2D eigenvalue weighted by atomic mass is 10.1. The lowest BCUT2D eigenvalue weighted by molar-refractivity contribution is 0.0953. The Bertz CT molecular complexity index is 595. The summed E-state index contributed by atoms with van der Waals surface area (Å²) in [6.45, 7) is 4.20. The summed E-state index contributed by atoms with van der Waals surface area (Å²) in [4.78, 5) is 16.0. The van der Waals surface area contributed by atoms with E-state index in [9.17, 15) is 4.79 Å². The predicted molar refractivity (Wildman–Crippen MR) is 74.0 cm³/mol. The van der Waals surface area contributed by atoms with Crippen molar-refractivity contribution in [3.05, 3.63) is 45.5 Å². The Kier molecular flexibility index (Phi) is 4.31. The average molecular weight is 324 g/mol. The van der Waals surface area contributed by atoms with E-state index in [-0.39, 0.29) is 5.91 Å². The number of benzene rings is 1. The number of carbonyl (C=O) groups excluding carboxylic acids is 1. The monoisotopic (exact) mass is 323 g/mol. The van der Waals surface area contributed by atoms with E-state index in [4.69, 9.17) is 4.52 Å². The van der Waals surface area contributed by atoms with E-state index >= 15 is 0 Å². The highest BCUT2D eigenvalue weighted by Crippen LogP contribution is 2.17. The van der Waals surface area contributed by atoms with Crippen LogP contribution in [0.5, 0.6) is 0 Å². The second-order valence-electron chi connectivity index (χ2n) is 4.21. The van der Waals surface area contributed by atoms with Crippen molar-refractivity contribution in [2.24, 2.45) is 0 Å². The Morgan fingerprint density at radius 1 is 1.42 bits per heavy atom. The summed E-state index contributed by atoms with van der Waals surface area (Å²) < 4.78 is 5.89. The Labute approximate surface area is 119 Å². The molecule has 6 heteroatoms. The smallest absolute Gasteiger partial charge is 0.251 e. The average Bonchev–Trinajstić information content (AvgIpc) is 2.78. The number of hydrogen-bond acceptors (Lipinski definition) is 4. The highest BCUT2D eigenvalue weighted by molar-refractivity contribution is 9.10. The van der Waals surface area contributed by atoms with Gasteiger partial charge >= 0.3 is 0 Å². The first-order valence-corrected chi connectivity index (χ1v) is 6.69. The van der Waals surface area contributed by atoms with Gasteiger partial charge in [-0.25, -0.2) is 0 Å². The number of nitrogens with zero attached hydrogens (tertiary/aromatic N) is 2. The fourth-order valence-electron chi connectivity index (χ4n) is 1.56. The molecule has 2 aromatic rings. The van der Waals surface area contributed by atoms with Crippen molar-refractivity contribution in [3.8, 4) is 0 Å². The molecule has 1 amide bonds. The molecule has 0 aliphatic heterocycles. The minimum atomic E-state index is -0.114. The SMILES string of the molecule is Cc1noc(CCNC(=O)c2ccc(C)c(Br)c2)n1. The lowest BCUT2D eigenvalue weighted by Crippen LogP contribution is -2.25. The normalized spacial score (nSPS) is 10.5. The van der Waals surface area contributed by atoms with Crippen molar-refractivity contribution in [2.45, 2.75) is 20.3 Å². The summed E-state index contributed by atoms with van der Waals surface area (Å²) in [5.41, 5.74) is 1.72. The van der Waals surface area contributed by atoms with Crippen LogP contribution in [0.25, 0.3) is 0 Å². The number of amides is 1. The molecule has 100 valence electrons. The van der Waals surface area contributed by atoms with E-state index in [1.165, 1.54) is 0 Å². The molecule has 1 aromatic heterocycles. The van der Waals surface area contributed by atoms with Crippen molar-refractivity contribution in [1.82, 2.24) is 15.5 Å². The molecule has 1 heterocycles. The molecule has 0 aliphatic carbocycles. The van der Waals surface area contributed by atoms with E-state index in [1.807, 2.05) is 19.1 Å². The Hall–Kier alpha value is -1.69. The maximum atomic E-state index is 11.9. The summed E-state index contributed by atoms with van der Waals surface area (Å²) in [6, 6.07) is 5.51. The Morgan fingerprint density at radius 2 is 2.21 bits per heavy atom. The van der Waals surface area contributed by atoms with Crippen molar-refractivity contribution in [2.75, 3.05) is 6.54 Å². The summed E-state index contributed by atoms with van der Waals surface area (Å²) in [5.74, 6) is 1.02. The fraction of sp³-hybridized carbons (Fsp3) is 0.308. The molecular formula is C13H14BrN3O2. The van der Waals surface area contributed by atoms with E-state index < -0.39 is 0 Å². The first-order chi connectivity index (χ1) is 9.06. The van der Waals surface area contributed by atoms with Gasteiger partial charge in [-0.05, 0) is 31.5 Å². The third-order valence-electron chi connectivity index (χ3n) is 2.63. The third kappa shape index (κ3) is 3.64. The molecule has 0 saturated carbocycles. The number of carbonyl (C=O) groups is 1. The molecule has 2 rings (SSSR count). The van der Waals surface area contributed by atoms with Gasteiger partial charge in [0, 0.05) is 23.0 Å². The number of hydrogen-bond donors (Lipinski definition) is 1. The van der Waals surface area contributed by atoms with Crippen molar-refractivity contribution in [1.29, 1.82) is 0 Å². The predicted octanol–water partition coefficient (Wildman–Crippen LogP) is 2.42. The third-order valence-corrected chi connectivity index (χ3v) is 3.48. The van der Waals surface area contributed by atoms with Crippen LogP contribution in [-0.4, -0.2) is 22.6 Å². The molecule has 0 radical (unpaired) electrons. The van der Waals surface area contributed by atoms with Gasteiger partial charge in [-0.2, -0.15) is 4.98 Å². The quantitative estimate of drug-likeness (QED) is 0.938. The van der Waals surface area contributed by atoms with Crippen LogP contribution in [0.4, 0.5) is 0 Å². The van der Waals surface area contributed by atoms with Crippen LogP contribution in [0.1, 0.15) is 27.6 Å². The molecule has 0 unspecified atom stereocenters. The summed E-state index contributed by atoms with van der Waals surface area (Å²) in [7, 11) is 0. The summed E-state index contributed by atoms with van der Waals surface area (Å²) >= 11 is 3.41. The van der Waals surface area contributed by atoms with E-state index in [0.717, 1.165) is 10.0 Å². The molecule has 5 nitrogen and oxygen atoms in total. The van der Waals surface area contributed by atoms with Crippen LogP contribution in [0.3, 0.4) is 0 Å². The number of aryl methyl sites for hydroxylation is 2. The second kappa shape index (κ2) is 5.97. The first kappa shape index (κ1) is 13.7. The highest BCUT2D eigenvalue weighted by Gasteiger charge is 2.08.